The van der Waals surface area contributed by atoms with E-state index in [1.165, 1.54) is 17.3 Å². The first-order valence-electron chi connectivity index (χ1n) is 14.6. The molecule has 3 aromatic rings. The number of carbonyl (C=O) groups excluding carboxylic acids is 1. The third-order valence-corrected chi connectivity index (χ3v) is 9.67. The normalized spacial score (nSPS) is 17.6. The molecule has 2 saturated heterocycles. The molecule has 42 heavy (non-hydrogen) atoms. The molecule has 3 heterocycles. The van der Waals surface area contributed by atoms with Crippen molar-refractivity contribution in [3.63, 3.8) is 0 Å². The Morgan fingerprint density at radius 3 is 2.33 bits per heavy atom. The number of pyridine rings is 1. The van der Waals surface area contributed by atoms with Gasteiger partial charge >= 0.3 is 0 Å². The van der Waals surface area contributed by atoms with Crippen LogP contribution in [0.1, 0.15) is 67.0 Å². The van der Waals surface area contributed by atoms with E-state index in [0.29, 0.717) is 27.3 Å². The van der Waals surface area contributed by atoms with Crippen LogP contribution >= 0.6 is 24.0 Å². The summed E-state index contributed by atoms with van der Waals surface area (Å²) in [5, 5.41) is 9.99. The lowest BCUT2D eigenvalue weighted by Crippen LogP contribution is -2.40. The summed E-state index contributed by atoms with van der Waals surface area (Å²) in [6.07, 6.45) is 5.66. The molecule has 2 fully saturated rings. The van der Waals surface area contributed by atoms with Crippen LogP contribution in [0, 0.1) is 24.2 Å². The van der Waals surface area contributed by atoms with E-state index in [1.54, 1.807) is 9.47 Å². The number of piperidine rings is 1. The van der Waals surface area contributed by atoms with Gasteiger partial charge in [0.25, 0.3) is 11.5 Å². The van der Waals surface area contributed by atoms with Crippen molar-refractivity contribution in [2.75, 3.05) is 18.0 Å². The zero-order valence-electron chi connectivity index (χ0n) is 24.4. The molecule has 1 aromatic heterocycles. The molecule has 0 bridgehead atoms. The Morgan fingerprint density at radius 2 is 1.71 bits per heavy atom. The highest BCUT2D eigenvalue weighted by molar-refractivity contribution is 8.26. The SMILES string of the molecule is CCCn1c(N2CCC(Cc3ccccc3)CC2)c(/C=C2/SC(=S)N(C(C)c3ccccc3)C2=O)c(C)c(C#N)c1=O. The first-order chi connectivity index (χ1) is 20.3. The van der Waals surface area contributed by atoms with Gasteiger partial charge in [-0.1, -0.05) is 91.6 Å². The van der Waals surface area contributed by atoms with Crippen molar-refractivity contribution in [1.82, 2.24) is 9.47 Å². The summed E-state index contributed by atoms with van der Waals surface area (Å²) < 4.78 is 2.26. The van der Waals surface area contributed by atoms with Crippen LogP contribution in [0.2, 0.25) is 0 Å². The van der Waals surface area contributed by atoms with Gasteiger partial charge in [-0.15, -0.1) is 0 Å². The summed E-state index contributed by atoms with van der Waals surface area (Å²) in [5.74, 6) is 1.21. The number of nitrogens with zero attached hydrogens (tertiary/aromatic N) is 4. The fourth-order valence-electron chi connectivity index (χ4n) is 6.04. The van der Waals surface area contributed by atoms with Gasteiger partial charge in [-0.2, -0.15) is 5.26 Å². The number of thioether (sulfide) groups is 1. The number of hydrogen-bond donors (Lipinski definition) is 0. The number of benzene rings is 2. The Labute approximate surface area is 257 Å². The smallest absolute Gasteiger partial charge is 0.270 e. The Hall–Kier alpha value is -3.67. The van der Waals surface area contributed by atoms with Gasteiger partial charge in [0.05, 0.1) is 10.9 Å². The van der Waals surface area contributed by atoms with Crippen molar-refractivity contribution >= 4 is 46.1 Å². The Bertz CT molecular complexity index is 1600. The quantitative estimate of drug-likeness (QED) is 0.209. The first kappa shape index (κ1) is 29.8. The summed E-state index contributed by atoms with van der Waals surface area (Å²) in [6.45, 7) is 7.94. The molecule has 0 N–H and O–H groups in total. The number of nitriles is 1. The van der Waals surface area contributed by atoms with E-state index in [0.717, 1.165) is 55.7 Å². The average Bonchev–Trinajstić information content (AvgIpc) is 3.29. The molecular weight excluding hydrogens is 561 g/mol. The minimum absolute atomic E-state index is 0.130. The van der Waals surface area contributed by atoms with Gasteiger partial charge in [-0.3, -0.25) is 19.1 Å². The molecule has 2 aliphatic heterocycles. The molecule has 8 heteroatoms. The van der Waals surface area contributed by atoms with Crippen molar-refractivity contribution in [1.29, 1.82) is 5.26 Å². The van der Waals surface area contributed by atoms with Crippen LogP contribution in [0.15, 0.2) is 70.4 Å². The summed E-state index contributed by atoms with van der Waals surface area (Å²) in [4.78, 5) is 31.8. The second kappa shape index (κ2) is 13.1. The molecular formula is C34H36N4O2S2. The maximum absolute atomic E-state index is 13.8. The molecule has 6 nitrogen and oxygen atoms in total. The second-order valence-corrected chi connectivity index (χ2v) is 12.7. The van der Waals surface area contributed by atoms with Crippen molar-refractivity contribution < 1.29 is 4.79 Å². The Morgan fingerprint density at radius 1 is 1.07 bits per heavy atom. The minimum Gasteiger partial charge on any atom is -0.357 e. The standard InChI is InChI=1S/C34H36N4O2S2/c1-4-17-37-31(36-18-15-26(16-19-36)20-25-11-7-5-8-12-25)28(23(2)29(22-35)32(37)39)21-30-33(40)38(34(41)42-30)24(3)27-13-9-6-10-14-27/h5-14,21,24,26H,4,15-20H2,1-3H3/b30-21+. The summed E-state index contributed by atoms with van der Waals surface area (Å²) in [6, 6.07) is 22.4. The van der Waals surface area contributed by atoms with E-state index in [-0.39, 0.29) is 23.1 Å². The molecule has 1 amide bonds. The van der Waals surface area contributed by atoms with Gasteiger partial charge in [0.1, 0.15) is 21.8 Å². The molecule has 2 aliphatic rings. The van der Waals surface area contributed by atoms with Crippen LogP contribution in [-0.4, -0.2) is 32.8 Å². The van der Waals surface area contributed by atoms with E-state index in [1.807, 2.05) is 63.2 Å². The topological polar surface area (TPSA) is 69.3 Å². The number of thiocarbonyl (C=S) groups is 1. The molecule has 1 atom stereocenters. The summed E-state index contributed by atoms with van der Waals surface area (Å²) in [5.41, 5.74) is 3.59. The molecule has 2 aromatic carbocycles. The Balaban J connectivity index is 1.52. The number of aromatic nitrogens is 1. The molecule has 0 saturated carbocycles. The van der Waals surface area contributed by atoms with Gasteiger partial charge in [-0.05, 0) is 68.2 Å². The maximum atomic E-state index is 13.8. The zero-order chi connectivity index (χ0) is 29.8. The van der Waals surface area contributed by atoms with E-state index >= 15 is 0 Å². The van der Waals surface area contributed by atoms with E-state index in [9.17, 15) is 14.9 Å². The van der Waals surface area contributed by atoms with Crippen LogP contribution in [0.5, 0.6) is 0 Å². The largest absolute Gasteiger partial charge is 0.357 e. The number of anilines is 1. The monoisotopic (exact) mass is 596 g/mol. The van der Waals surface area contributed by atoms with Crippen LogP contribution in [0.25, 0.3) is 6.08 Å². The number of amides is 1. The highest BCUT2D eigenvalue weighted by atomic mass is 32.2. The lowest BCUT2D eigenvalue weighted by atomic mass is 9.90. The van der Waals surface area contributed by atoms with Gasteiger partial charge in [-0.25, -0.2) is 0 Å². The van der Waals surface area contributed by atoms with E-state index in [4.69, 9.17) is 12.2 Å². The van der Waals surface area contributed by atoms with Crippen molar-refractivity contribution in [3.8, 4) is 6.07 Å². The molecule has 1 unspecified atom stereocenters. The predicted molar refractivity (Wildman–Crippen MR) is 175 cm³/mol. The number of hydrogen-bond acceptors (Lipinski definition) is 6. The number of rotatable bonds is 8. The van der Waals surface area contributed by atoms with Gasteiger partial charge in [0.2, 0.25) is 0 Å². The summed E-state index contributed by atoms with van der Waals surface area (Å²) >= 11 is 6.97. The molecule has 0 radical (unpaired) electrons. The average molecular weight is 597 g/mol. The first-order valence-corrected chi connectivity index (χ1v) is 15.8. The summed E-state index contributed by atoms with van der Waals surface area (Å²) in [7, 11) is 0. The molecule has 0 spiro atoms. The minimum atomic E-state index is -0.263. The third-order valence-electron chi connectivity index (χ3n) is 8.34. The Kier molecular flexibility index (Phi) is 9.30. The van der Waals surface area contributed by atoms with Gasteiger partial charge < -0.3 is 4.90 Å². The van der Waals surface area contributed by atoms with Gasteiger partial charge in [0.15, 0.2) is 0 Å². The lowest BCUT2D eigenvalue weighted by Gasteiger charge is -2.36. The van der Waals surface area contributed by atoms with E-state index in [2.05, 4.69) is 35.2 Å². The van der Waals surface area contributed by atoms with Crippen molar-refractivity contribution in [2.45, 2.75) is 59.0 Å². The third kappa shape index (κ3) is 5.95. The maximum Gasteiger partial charge on any atom is 0.270 e. The predicted octanol–water partition coefficient (Wildman–Crippen LogP) is 6.86. The van der Waals surface area contributed by atoms with Crippen LogP contribution in [0.3, 0.4) is 0 Å². The fraction of sp³-hybridized carbons (Fsp3) is 0.353. The van der Waals surface area contributed by atoms with Crippen LogP contribution in [-0.2, 0) is 17.8 Å². The fourth-order valence-corrected chi connectivity index (χ4v) is 7.44. The van der Waals surface area contributed by atoms with Crippen LogP contribution in [0.4, 0.5) is 5.82 Å². The zero-order valence-corrected chi connectivity index (χ0v) is 26.0. The number of carbonyl (C=O) groups is 1. The van der Waals surface area contributed by atoms with Crippen molar-refractivity contribution in [2.24, 2.45) is 5.92 Å². The lowest BCUT2D eigenvalue weighted by molar-refractivity contribution is -0.123. The molecule has 5 rings (SSSR count). The second-order valence-electron chi connectivity index (χ2n) is 11.1. The van der Waals surface area contributed by atoms with Crippen molar-refractivity contribution in [3.05, 3.63) is 104 Å². The highest BCUT2D eigenvalue weighted by Crippen LogP contribution is 2.40. The van der Waals surface area contributed by atoms with Crippen LogP contribution < -0.4 is 10.5 Å². The molecule has 0 aliphatic carbocycles. The molecule has 216 valence electrons. The van der Waals surface area contributed by atoms with Gasteiger partial charge in [0, 0.05) is 25.2 Å². The van der Waals surface area contributed by atoms with E-state index < -0.39 is 0 Å². The highest BCUT2D eigenvalue weighted by Gasteiger charge is 2.37.